The van der Waals surface area contributed by atoms with Crippen LogP contribution in [0.2, 0.25) is 0 Å². The summed E-state index contributed by atoms with van der Waals surface area (Å²) in [7, 11) is 3.41. The lowest BCUT2D eigenvalue weighted by atomic mass is 10.1. The molecule has 162 valence electrons. The third kappa shape index (κ3) is 5.48. The van der Waals surface area contributed by atoms with E-state index in [0.29, 0.717) is 17.6 Å². The average Bonchev–Trinajstić information content (AvgIpc) is 2.78. The second-order valence-electron chi connectivity index (χ2n) is 7.47. The van der Waals surface area contributed by atoms with Crippen molar-refractivity contribution in [3.05, 3.63) is 48.4 Å². The Morgan fingerprint density at radius 2 is 2.06 bits per heavy atom. The summed E-state index contributed by atoms with van der Waals surface area (Å²) in [4.78, 5) is 13.6. The van der Waals surface area contributed by atoms with Crippen molar-refractivity contribution >= 4 is 40.1 Å². The van der Waals surface area contributed by atoms with E-state index in [0.717, 1.165) is 46.5 Å². The van der Waals surface area contributed by atoms with E-state index in [1.807, 2.05) is 24.3 Å². The second kappa shape index (κ2) is 10.4. The fourth-order valence-corrected chi connectivity index (χ4v) is 3.08. The summed E-state index contributed by atoms with van der Waals surface area (Å²) in [6.45, 7) is 5.22. The Hall–Kier alpha value is -3.68. The lowest BCUT2D eigenvalue weighted by Gasteiger charge is -2.13. The minimum Gasteiger partial charge on any atom is -0.495 e. The molecular formula is C23H29N7O. The number of hydrogen-bond acceptors (Lipinski definition) is 8. The average molecular weight is 420 g/mol. The lowest BCUT2D eigenvalue weighted by molar-refractivity contribution is 0.416. The van der Waals surface area contributed by atoms with E-state index in [1.54, 1.807) is 32.8 Å². The van der Waals surface area contributed by atoms with Crippen molar-refractivity contribution in [2.45, 2.75) is 20.3 Å². The van der Waals surface area contributed by atoms with Crippen LogP contribution in [0.15, 0.2) is 42.9 Å². The molecule has 0 amide bonds. The highest BCUT2D eigenvalue weighted by Crippen LogP contribution is 2.30. The van der Waals surface area contributed by atoms with Gasteiger partial charge < -0.3 is 26.1 Å². The lowest BCUT2D eigenvalue weighted by Crippen LogP contribution is -2.08. The predicted octanol–water partition coefficient (Wildman–Crippen LogP) is 4.44. The number of rotatable bonds is 10. The Morgan fingerprint density at radius 1 is 1.23 bits per heavy atom. The van der Waals surface area contributed by atoms with Gasteiger partial charge in [0.1, 0.15) is 11.3 Å². The van der Waals surface area contributed by atoms with E-state index in [-0.39, 0.29) is 0 Å². The number of hydrogen-bond donors (Lipinski definition) is 4. The van der Waals surface area contributed by atoms with E-state index in [2.05, 4.69) is 44.7 Å². The molecular weight excluding hydrogens is 390 g/mol. The maximum atomic E-state index is 7.61. The quantitative estimate of drug-likeness (QED) is 0.360. The molecule has 3 rings (SSSR count). The van der Waals surface area contributed by atoms with E-state index in [4.69, 9.17) is 10.1 Å². The molecule has 2 aromatic heterocycles. The molecule has 8 heteroatoms. The van der Waals surface area contributed by atoms with Crippen molar-refractivity contribution in [2.75, 3.05) is 31.3 Å². The van der Waals surface area contributed by atoms with Crippen LogP contribution in [-0.2, 0) is 0 Å². The van der Waals surface area contributed by atoms with Crippen molar-refractivity contribution in [1.82, 2.24) is 20.3 Å². The molecule has 3 aromatic rings. The number of aromatic nitrogens is 3. The summed E-state index contributed by atoms with van der Waals surface area (Å²) in [5.74, 6) is 2.45. The highest BCUT2D eigenvalue weighted by Gasteiger charge is 2.11. The first-order valence-electron chi connectivity index (χ1n) is 10.2. The Balaban J connectivity index is 1.89. The maximum Gasteiger partial charge on any atom is 0.227 e. The van der Waals surface area contributed by atoms with Gasteiger partial charge in [0.2, 0.25) is 5.95 Å². The van der Waals surface area contributed by atoms with Gasteiger partial charge in [0, 0.05) is 49.4 Å². The summed E-state index contributed by atoms with van der Waals surface area (Å²) in [5, 5.41) is 18.1. The van der Waals surface area contributed by atoms with E-state index >= 15 is 0 Å². The molecule has 0 radical (unpaired) electrons. The van der Waals surface area contributed by atoms with E-state index < -0.39 is 0 Å². The highest BCUT2D eigenvalue weighted by molar-refractivity contribution is 6.08. The Kier molecular flexibility index (Phi) is 7.37. The zero-order chi connectivity index (χ0) is 22.2. The van der Waals surface area contributed by atoms with Gasteiger partial charge in [-0.25, -0.2) is 15.0 Å². The monoisotopic (exact) mass is 419 g/mol. The van der Waals surface area contributed by atoms with Crippen molar-refractivity contribution in [2.24, 2.45) is 5.92 Å². The van der Waals surface area contributed by atoms with Gasteiger partial charge in [-0.05, 0) is 36.1 Å². The molecule has 0 aliphatic heterocycles. The Bertz CT molecular complexity index is 1080. The predicted molar refractivity (Wildman–Crippen MR) is 127 cm³/mol. The topological polar surface area (TPSA) is 108 Å². The number of nitrogens with one attached hydrogen (secondary N) is 4. The standard InChI is InChI=1S/C23H29N7O/c1-15(2)7-9-26-22-21-17(8-10-27-22)14-28-23(30-21)29-19-6-5-16(11-20(19)31-4)18(12-24)13-25-3/h5-6,8,10-15,24-25H,7,9H2,1-4H3,(H,26,27)(H,28,29,30)/b18-13+,24-12?. The molecule has 0 aliphatic carbocycles. The van der Waals surface area contributed by atoms with Crippen LogP contribution >= 0.6 is 0 Å². The molecule has 1 aromatic carbocycles. The number of allylic oxidation sites excluding steroid dienone is 1. The summed E-state index contributed by atoms with van der Waals surface area (Å²) in [6.07, 6.45) is 7.66. The molecule has 0 saturated carbocycles. The first kappa shape index (κ1) is 22.0. The van der Waals surface area contributed by atoms with Gasteiger partial charge in [-0.15, -0.1) is 0 Å². The molecule has 2 heterocycles. The highest BCUT2D eigenvalue weighted by atomic mass is 16.5. The molecule has 4 N–H and O–H groups in total. The van der Waals surface area contributed by atoms with E-state index in [9.17, 15) is 0 Å². The first-order valence-corrected chi connectivity index (χ1v) is 10.2. The fourth-order valence-electron chi connectivity index (χ4n) is 3.08. The van der Waals surface area contributed by atoms with Crippen LogP contribution in [0.1, 0.15) is 25.8 Å². The zero-order valence-corrected chi connectivity index (χ0v) is 18.4. The summed E-state index contributed by atoms with van der Waals surface area (Å²) >= 11 is 0. The third-order valence-electron chi connectivity index (χ3n) is 4.75. The van der Waals surface area contributed by atoms with Gasteiger partial charge in [0.05, 0.1) is 12.8 Å². The van der Waals surface area contributed by atoms with Gasteiger partial charge in [0.15, 0.2) is 5.82 Å². The largest absolute Gasteiger partial charge is 0.495 e. The van der Waals surface area contributed by atoms with Crippen LogP contribution in [-0.4, -0.2) is 41.9 Å². The van der Waals surface area contributed by atoms with Crippen molar-refractivity contribution in [3.63, 3.8) is 0 Å². The van der Waals surface area contributed by atoms with Gasteiger partial charge >= 0.3 is 0 Å². The molecule has 0 fully saturated rings. The van der Waals surface area contributed by atoms with Crippen LogP contribution in [0.3, 0.4) is 0 Å². The summed E-state index contributed by atoms with van der Waals surface area (Å²) < 4.78 is 5.55. The smallest absolute Gasteiger partial charge is 0.227 e. The number of fused-ring (bicyclic) bond motifs is 1. The van der Waals surface area contributed by atoms with Crippen LogP contribution in [0.4, 0.5) is 17.5 Å². The zero-order valence-electron chi connectivity index (χ0n) is 18.4. The number of ether oxygens (including phenoxy) is 1. The number of methoxy groups -OCH3 is 1. The molecule has 0 bridgehead atoms. The number of benzene rings is 1. The summed E-state index contributed by atoms with van der Waals surface area (Å²) in [6, 6.07) is 7.58. The van der Waals surface area contributed by atoms with E-state index in [1.165, 1.54) is 6.21 Å². The van der Waals surface area contributed by atoms with Gasteiger partial charge in [0.25, 0.3) is 0 Å². The minimum atomic E-state index is 0.455. The van der Waals surface area contributed by atoms with Crippen molar-refractivity contribution in [1.29, 1.82) is 5.41 Å². The van der Waals surface area contributed by atoms with Crippen LogP contribution in [0, 0.1) is 11.3 Å². The van der Waals surface area contributed by atoms with Crippen molar-refractivity contribution < 1.29 is 4.74 Å². The molecule has 0 spiro atoms. The molecule has 0 unspecified atom stereocenters. The maximum absolute atomic E-state index is 7.61. The Labute approximate surface area is 182 Å². The van der Waals surface area contributed by atoms with Crippen LogP contribution < -0.4 is 20.7 Å². The minimum absolute atomic E-state index is 0.455. The number of nitrogens with zero attached hydrogens (tertiary/aromatic N) is 3. The number of anilines is 3. The van der Waals surface area contributed by atoms with Crippen LogP contribution in [0.5, 0.6) is 5.75 Å². The third-order valence-corrected chi connectivity index (χ3v) is 4.75. The van der Waals surface area contributed by atoms with Gasteiger partial charge in [-0.1, -0.05) is 19.9 Å². The molecule has 0 atom stereocenters. The molecule has 8 nitrogen and oxygen atoms in total. The van der Waals surface area contributed by atoms with Gasteiger partial charge in [-0.2, -0.15) is 0 Å². The first-order chi connectivity index (χ1) is 15.0. The number of pyridine rings is 1. The Morgan fingerprint density at radius 3 is 2.77 bits per heavy atom. The SMILES string of the molecule is CN/C=C(\C=N)c1ccc(Nc2ncc3ccnc(NCCC(C)C)c3n2)c(OC)c1. The molecule has 31 heavy (non-hydrogen) atoms. The molecule has 0 saturated heterocycles. The normalized spacial score (nSPS) is 11.5. The van der Waals surface area contributed by atoms with Gasteiger partial charge in [-0.3, -0.25) is 0 Å². The molecule has 0 aliphatic rings. The van der Waals surface area contributed by atoms with Crippen molar-refractivity contribution in [3.8, 4) is 5.75 Å². The second-order valence-corrected chi connectivity index (χ2v) is 7.47. The fraction of sp³-hybridized carbons (Fsp3) is 0.304. The summed E-state index contributed by atoms with van der Waals surface area (Å²) in [5.41, 5.74) is 3.12. The van der Waals surface area contributed by atoms with Crippen LogP contribution in [0.25, 0.3) is 16.5 Å².